The molecule has 4 rings (SSSR count). The van der Waals surface area contributed by atoms with E-state index in [2.05, 4.69) is 10.3 Å². The van der Waals surface area contributed by atoms with Gasteiger partial charge in [-0.15, -0.1) is 11.3 Å². The Kier molecular flexibility index (Phi) is 6.52. The third-order valence-corrected chi connectivity index (χ3v) is 6.46. The SMILES string of the molecule is CCOC(=O)c1ccc(NC(=O)C(C)n2c(O)c(/C=C3/C=Nc4ccccc43)sc2=S)cc1. The van der Waals surface area contributed by atoms with Crippen LogP contribution < -0.4 is 5.32 Å². The van der Waals surface area contributed by atoms with Gasteiger partial charge in [-0.3, -0.25) is 14.4 Å². The highest BCUT2D eigenvalue weighted by Crippen LogP contribution is 2.37. The van der Waals surface area contributed by atoms with E-state index in [4.69, 9.17) is 17.0 Å². The van der Waals surface area contributed by atoms with Gasteiger partial charge in [-0.25, -0.2) is 4.79 Å². The van der Waals surface area contributed by atoms with E-state index in [1.165, 1.54) is 15.9 Å². The van der Waals surface area contributed by atoms with E-state index in [1.54, 1.807) is 44.3 Å². The van der Waals surface area contributed by atoms with Crippen LogP contribution in [0.15, 0.2) is 53.5 Å². The van der Waals surface area contributed by atoms with Gasteiger partial charge in [0.25, 0.3) is 0 Å². The summed E-state index contributed by atoms with van der Waals surface area (Å²) in [7, 11) is 0. The first-order valence-electron chi connectivity index (χ1n) is 10.3. The lowest BCUT2D eigenvalue weighted by atomic mass is 10.1. The summed E-state index contributed by atoms with van der Waals surface area (Å²) in [5, 5.41) is 13.6. The predicted molar refractivity (Wildman–Crippen MR) is 133 cm³/mol. The van der Waals surface area contributed by atoms with Crippen LogP contribution in [0.4, 0.5) is 11.4 Å². The monoisotopic (exact) mass is 479 g/mol. The maximum absolute atomic E-state index is 12.8. The summed E-state index contributed by atoms with van der Waals surface area (Å²) < 4.78 is 6.76. The second-order valence-electron chi connectivity index (χ2n) is 7.26. The van der Waals surface area contributed by atoms with Crippen molar-refractivity contribution in [2.24, 2.45) is 4.99 Å². The molecule has 0 aliphatic carbocycles. The summed E-state index contributed by atoms with van der Waals surface area (Å²) in [6, 6.07) is 13.4. The molecule has 0 spiro atoms. The highest BCUT2D eigenvalue weighted by atomic mass is 32.1. The molecule has 1 amide bonds. The number of allylic oxidation sites excluding steroid dienone is 1. The number of carbonyl (C=O) groups is 2. The molecular formula is C24H21N3O4S2. The fourth-order valence-electron chi connectivity index (χ4n) is 3.39. The van der Waals surface area contributed by atoms with E-state index < -0.39 is 12.0 Å². The molecule has 0 bridgehead atoms. The van der Waals surface area contributed by atoms with E-state index in [9.17, 15) is 14.7 Å². The fraction of sp³-hybridized carbons (Fsp3) is 0.167. The largest absolute Gasteiger partial charge is 0.493 e. The Morgan fingerprint density at radius 2 is 1.97 bits per heavy atom. The molecule has 2 aromatic carbocycles. The number of benzene rings is 2. The molecule has 0 radical (unpaired) electrons. The highest BCUT2D eigenvalue weighted by Gasteiger charge is 2.23. The lowest BCUT2D eigenvalue weighted by Gasteiger charge is -2.15. The number of thiazole rings is 1. The number of aromatic hydroxyl groups is 1. The van der Waals surface area contributed by atoms with Crippen molar-refractivity contribution in [3.8, 4) is 5.88 Å². The van der Waals surface area contributed by atoms with Crippen molar-refractivity contribution in [3.05, 3.63) is 68.5 Å². The predicted octanol–water partition coefficient (Wildman–Crippen LogP) is 5.62. The van der Waals surface area contributed by atoms with Crippen molar-refractivity contribution in [3.63, 3.8) is 0 Å². The molecule has 33 heavy (non-hydrogen) atoms. The van der Waals surface area contributed by atoms with Crippen LogP contribution in [0.3, 0.4) is 0 Å². The summed E-state index contributed by atoms with van der Waals surface area (Å²) in [6.45, 7) is 3.69. The number of para-hydroxylation sites is 1. The number of fused-ring (bicyclic) bond motifs is 1. The van der Waals surface area contributed by atoms with Gasteiger partial charge in [0.15, 0.2) is 3.95 Å². The quantitative estimate of drug-likeness (QED) is 0.354. The Hall–Kier alpha value is -3.56. The number of rotatable bonds is 6. The fourth-order valence-corrected chi connectivity index (χ4v) is 4.81. The normalized spacial score (nSPS) is 14.2. The van der Waals surface area contributed by atoms with Crippen molar-refractivity contribution in [1.29, 1.82) is 0 Å². The number of hydrogen-bond acceptors (Lipinski definition) is 7. The van der Waals surface area contributed by atoms with Crippen LogP contribution in [0.2, 0.25) is 0 Å². The maximum atomic E-state index is 12.8. The van der Waals surface area contributed by atoms with Gasteiger partial charge in [0.2, 0.25) is 11.8 Å². The van der Waals surface area contributed by atoms with Crippen molar-refractivity contribution < 1.29 is 19.4 Å². The van der Waals surface area contributed by atoms with Gasteiger partial charge in [0.1, 0.15) is 6.04 Å². The number of amides is 1. The van der Waals surface area contributed by atoms with Gasteiger partial charge in [-0.1, -0.05) is 18.2 Å². The molecule has 9 heteroatoms. The van der Waals surface area contributed by atoms with Gasteiger partial charge in [0, 0.05) is 23.0 Å². The van der Waals surface area contributed by atoms with Crippen molar-refractivity contribution in [2.45, 2.75) is 19.9 Å². The third-order valence-electron chi connectivity index (χ3n) is 5.12. The average molecular weight is 480 g/mol. The molecule has 0 saturated heterocycles. The van der Waals surface area contributed by atoms with Crippen LogP contribution in [-0.4, -0.2) is 34.4 Å². The van der Waals surface area contributed by atoms with Crippen molar-refractivity contribution in [1.82, 2.24) is 4.57 Å². The van der Waals surface area contributed by atoms with E-state index in [1.807, 2.05) is 30.3 Å². The highest BCUT2D eigenvalue weighted by molar-refractivity contribution is 7.73. The molecule has 1 aromatic heterocycles. The number of aromatic nitrogens is 1. The van der Waals surface area contributed by atoms with Gasteiger partial charge >= 0.3 is 5.97 Å². The Labute approximate surface area is 199 Å². The summed E-state index contributed by atoms with van der Waals surface area (Å²) in [5.74, 6) is -0.847. The van der Waals surface area contributed by atoms with Crippen molar-refractivity contribution in [2.75, 3.05) is 11.9 Å². The van der Waals surface area contributed by atoms with Crippen LogP contribution in [0, 0.1) is 3.95 Å². The number of aliphatic imine (C=N–C) groups is 1. The zero-order valence-electron chi connectivity index (χ0n) is 17.9. The summed E-state index contributed by atoms with van der Waals surface area (Å²) in [6.07, 6.45) is 3.56. The zero-order chi connectivity index (χ0) is 23.5. The van der Waals surface area contributed by atoms with Gasteiger partial charge in [0.05, 0.1) is 22.7 Å². The van der Waals surface area contributed by atoms with Gasteiger partial charge in [-0.2, -0.15) is 0 Å². The Morgan fingerprint density at radius 1 is 1.24 bits per heavy atom. The third kappa shape index (κ3) is 4.64. The molecule has 0 fully saturated rings. The Bertz CT molecular complexity index is 1340. The Morgan fingerprint density at radius 3 is 2.70 bits per heavy atom. The van der Waals surface area contributed by atoms with Crippen LogP contribution >= 0.6 is 23.6 Å². The van der Waals surface area contributed by atoms with Crippen LogP contribution in [0.5, 0.6) is 5.88 Å². The first-order valence-corrected chi connectivity index (χ1v) is 11.5. The Balaban J connectivity index is 1.53. The summed E-state index contributed by atoms with van der Waals surface area (Å²) in [5.41, 5.74) is 3.62. The molecule has 1 aliphatic heterocycles. The van der Waals surface area contributed by atoms with Crippen molar-refractivity contribution >= 4 is 64.7 Å². The van der Waals surface area contributed by atoms with E-state index in [-0.39, 0.29) is 18.4 Å². The maximum Gasteiger partial charge on any atom is 0.338 e. The number of nitrogens with zero attached hydrogens (tertiary/aromatic N) is 2. The lowest BCUT2D eigenvalue weighted by molar-refractivity contribution is -0.118. The second kappa shape index (κ2) is 9.51. The topological polar surface area (TPSA) is 92.9 Å². The molecular weight excluding hydrogens is 458 g/mol. The van der Waals surface area contributed by atoms with Crippen LogP contribution in [0.25, 0.3) is 11.6 Å². The lowest BCUT2D eigenvalue weighted by Crippen LogP contribution is -2.23. The first kappa shape index (κ1) is 22.6. The number of carbonyl (C=O) groups excluding carboxylic acids is 2. The molecule has 7 nitrogen and oxygen atoms in total. The zero-order valence-corrected chi connectivity index (χ0v) is 19.6. The molecule has 2 N–H and O–H groups in total. The molecule has 2 heterocycles. The van der Waals surface area contributed by atoms with Gasteiger partial charge in [-0.05, 0) is 62.5 Å². The van der Waals surface area contributed by atoms with Crippen LogP contribution in [-0.2, 0) is 9.53 Å². The van der Waals surface area contributed by atoms with E-state index in [0.29, 0.717) is 20.1 Å². The number of anilines is 1. The molecule has 1 unspecified atom stereocenters. The van der Waals surface area contributed by atoms with Gasteiger partial charge < -0.3 is 15.2 Å². The molecule has 1 aliphatic rings. The van der Waals surface area contributed by atoms with E-state index in [0.717, 1.165) is 16.8 Å². The summed E-state index contributed by atoms with van der Waals surface area (Å²) in [4.78, 5) is 29.5. The summed E-state index contributed by atoms with van der Waals surface area (Å²) >= 11 is 6.66. The smallest absolute Gasteiger partial charge is 0.338 e. The molecule has 0 saturated carbocycles. The first-order chi connectivity index (χ1) is 15.9. The number of hydrogen-bond donors (Lipinski definition) is 2. The molecule has 3 aromatic rings. The van der Waals surface area contributed by atoms with Crippen LogP contribution in [0.1, 0.15) is 40.7 Å². The minimum absolute atomic E-state index is 0.0735. The minimum atomic E-state index is -0.754. The van der Waals surface area contributed by atoms with E-state index >= 15 is 0 Å². The number of esters is 1. The standard InChI is InChI=1S/C24H21N3O4S2/c1-3-31-23(30)15-8-10-17(11-9-15)26-21(28)14(2)27-22(29)20(33-24(27)32)12-16-13-25-19-7-5-4-6-18(16)19/h4-14,29H,3H2,1-2H3,(H,26,28)/b16-12-. The molecule has 1 atom stereocenters. The second-order valence-corrected chi connectivity index (χ2v) is 8.94. The molecule has 168 valence electrons. The number of nitrogens with one attached hydrogen (secondary N) is 1. The minimum Gasteiger partial charge on any atom is -0.493 e. The average Bonchev–Trinajstić information content (AvgIpc) is 3.34. The number of ether oxygens (including phenoxy) is 1.